The maximum absolute atomic E-state index is 11.5. The van der Waals surface area contributed by atoms with Crippen molar-refractivity contribution in [1.29, 1.82) is 0 Å². The lowest BCUT2D eigenvalue weighted by atomic mass is 10.2. The van der Waals surface area contributed by atoms with E-state index in [4.69, 9.17) is 14.2 Å². The Labute approximate surface area is 175 Å². The number of rotatable bonds is 9. The molecule has 10 heteroatoms. The van der Waals surface area contributed by atoms with Gasteiger partial charge in [0.05, 0.1) is 36.0 Å². The number of ether oxygens (including phenoxy) is 3. The molecule has 8 nitrogen and oxygen atoms in total. The van der Waals surface area contributed by atoms with Crippen LogP contribution in [0.4, 0.5) is 5.13 Å². The van der Waals surface area contributed by atoms with Gasteiger partial charge in [0.25, 0.3) is 0 Å². The van der Waals surface area contributed by atoms with Gasteiger partial charge in [-0.25, -0.2) is 4.98 Å². The van der Waals surface area contributed by atoms with E-state index in [1.54, 1.807) is 30.7 Å². The van der Waals surface area contributed by atoms with E-state index in [1.807, 2.05) is 6.92 Å². The van der Waals surface area contributed by atoms with Crippen LogP contribution in [0.15, 0.2) is 27.1 Å². The summed E-state index contributed by atoms with van der Waals surface area (Å²) >= 11 is 4.71. The number of esters is 2. The van der Waals surface area contributed by atoms with Crippen LogP contribution >= 0.6 is 27.3 Å². The number of halogens is 1. The molecule has 1 heterocycles. The summed E-state index contributed by atoms with van der Waals surface area (Å²) in [5.41, 5.74) is 4.16. The summed E-state index contributed by atoms with van der Waals surface area (Å²) < 4.78 is 16.2. The minimum Gasteiger partial charge on any atom is -0.490 e. The smallest absolute Gasteiger partial charge is 0.311 e. The average Bonchev–Trinajstić information content (AvgIpc) is 3.05. The van der Waals surface area contributed by atoms with Crippen molar-refractivity contribution in [1.82, 2.24) is 4.98 Å². The van der Waals surface area contributed by atoms with Crippen LogP contribution in [0.2, 0.25) is 0 Å². The van der Waals surface area contributed by atoms with Gasteiger partial charge in [0, 0.05) is 12.3 Å². The fraction of sp³-hybridized carbons (Fsp3) is 0.333. The zero-order valence-corrected chi connectivity index (χ0v) is 18.1. The van der Waals surface area contributed by atoms with Crippen molar-refractivity contribution in [2.75, 3.05) is 18.6 Å². The van der Waals surface area contributed by atoms with Gasteiger partial charge in [0.15, 0.2) is 11.5 Å². The van der Waals surface area contributed by atoms with Crippen molar-refractivity contribution >= 4 is 50.6 Å². The number of aromatic nitrogens is 1. The van der Waals surface area contributed by atoms with E-state index in [0.29, 0.717) is 40.0 Å². The van der Waals surface area contributed by atoms with E-state index < -0.39 is 5.97 Å². The van der Waals surface area contributed by atoms with Crippen molar-refractivity contribution in [2.45, 2.75) is 27.2 Å². The SMILES string of the molecule is CCOC(=O)Cc1csc(NN=Cc2cc(Br)c(OC(C)=O)c(OCC)c2)n1. The monoisotopic (exact) mass is 469 g/mol. The first-order valence-corrected chi connectivity index (χ1v) is 10.1. The molecule has 1 aromatic heterocycles. The quantitative estimate of drug-likeness (QED) is 0.258. The fourth-order valence-corrected chi connectivity index (χ4v) is 3.33. The Hall–Kier alpha value is -2.46. The summed E-state index contributed by atoms with van der Waals surface area (Å²) in [6.07, 6.45) is 1.70. The van der Waals surface area contributed by atoms with Gasteiger partial charge in [0.1, 0.15) is 0 Å². The molecule has 0 bridgehead atoms. The Balaban J connectivity index is 2.06. The minimum atomic E-state index is -0.438. The number of anilines is 1. The third-order valence-corrected chi connectivity index (χ3v) is 4.52. The lowest BCUT2D eigenvalue weighted by molar-refractivity contribution is -0.142. The summed E-state index contributed by atoms with van der Waals surface area (Å²) in [5, 5.41) is 6.47. The molecule has 0 aliphatic rings. The molecule has 0 saturated carbocycles. The number of nitrogens with one attached hydrogen (secondary N) is 1. The number of hydrogen-bond donors (Lipinski definition) is 1. The summed E-state index contributed by atoms with van der Waals surface area (Å²) in [4.78, 5) is 27.0. The second-order valence-electron chi connectivity index (χ2n) is 5.35. The second-order valence-corrected chi connectivity index (χ2v) is 7.06. The largest absolute Gasteiger partial charge is 0.490 e. The molecule has 0 fully saturated rings. The average molecular weight is 470 g/mol. The van der Waals surface area contributed by atoms with Gasteiger partial charge >= 0.3 is 11.9 Å². The predicted molar refractivity (Wildman–Crippen MR) is 110 cm³/mol. The molecule has 0 atom stereocenters. The van der Waals surface area contributed by atoms with E-state index in [2.05, 4.69) is 31.4 Å². The standard InChI is InChI=1S/C18H20BrN3O5S/c1-4-25-15-7-12(6-14(19)17(15)27-11(3)23)9-20-22-18-21-13(10-28-18)8-16(24)26-5-2/h6-7,9-10H,4-5,8H2,1-3H3,(H,21,22). The molecule has 0 radical (unpaired) electrons. The van der Waals surface area contributed by atoms with Crippen LogP contribution in [0.25, 0.3) is 0 Å². The van der Waals surface area contributed by atoms with Crippen LogP contribution in [0.5, 0.6) is 11.5 Å². The first-order chi connectivity index (χ1) is 13.4. The van der Waals surface area contributed by atoms with E-state index in [1.165, 1.54) is 18.3 Å². The molecule has 0 unspecified atom stereocenters. The Morgan fingerprint density at radius 3 is 2.79 bits per heavy atom. The van der Waals surface area contributed by atoms with Gasteiger partial charge in [-0.2, -0.15) is 5.10 Å². The summed E-state index contributed by atoms with van der Waals surface area (Å²) in [7, 11) is 0. The van der Waals surface area contributed by atoms with Crippen molar-refractivity contribution in [3.8, 4) is 11.5 Å². The Bertz CT molecular complexity index is 869. The van der Waals surface area contributed by atoms with Crippen LogP contribution in [0, 0.1) is 0 Å². The highest BCUT2D eigenvalue weighted by molar-refractivity contribution is 9.10. The van der Waals surface area contributed by atoms with Crippen LogP contribution in [0.3, 0.4) is 0 Å². The number of carbonyl (C=O) groups excluding carboxylic acids is 2. The van der Waals surface area contributed by atoms with Crippen LogP contribution in [-0.2, 0) is 20.7 Å². The highest BCUT2D eigenvalue weighted by Gasteiger charge is 2.14. The molecule has 2 aromatic rings. The van der Waals surface area contributed by atoms with Crippen molar-refractivity contribution in [3.63, 3.8) is 0 Å². The van der Waals surface area contributed by atoms with Crippen LogP contribution in [0.1, 0.15) is 32.0 Å². The summed E-state index contributed by atoms with van der Waals surface area (Å²) in [5.74, 6) is -0.00126. The number of hydrogen-bond acceptors (Lipinski definition) is 9. The fourth-order valence-electron chi connectivity index (χ4n) is 2.13. The molecule has 0 aliphatic carbocycles. The van der Waals surface area contributed by atoms with Gasteiger partial charge < -0.3 is 14.2 Å². The molecule has 0 spiro atoms. The van der Waals surface area contributed by atoms with E-state index >= 15 is 0 Å². The molecular weight excluding hydrogens is 450 g/mol. The van der Waals surface area contributed by atoms with Gasteiger partial charge in [-0.15, -0.1) is 11.3 Å². The number of thiazole rings is 1. The number of carbonyl (C=O) groups is 2. The van der Waals surface area contributed by atoms with Gasteiger partial charge in [-0.3, -0.25) is 15.0 Å². The van der Waals surface area contributed by atoms with Crippen LogP contribution in [-0.4, -0.2) is 36.4 Å². The first-order valence-electron chi connectivity index (χ1n) is 8.46. The van der Waals surface area contributed by atoms with E-state index in [-0.39, 0.29) is 12.4 Å². The Kier molecular flexibility index (Phi) is 8.40. The van der Waals surface area contributed by atoms with Crippen molar-refractivity contribution in [3.05, 3.63) is 33.2 Å². The van der Waals surface area contributed by atoms with Crippen molar-refractivity contribution < 1.29 is 23.8 Å². The zero-order chi connectivity index (χ0) is 20.5. The van der Waals surface area contributed by atoms with E-state index in [9.17, 15) is 9.59 Å². The maximum atomic E-state index is 11.5. The molecule has 1 aromatic carbocycles. The van der Waals surface area contributed by atoms with Gasteiger partial charge in [0.2, 0.25) is 5.13 Å². The second kappa shape index (κ2) is 10.8. The molecule has 28 heavy (non-hydrogen) atoms. The van der Waals surface area contributed by atoms with Crippen LogP contribution < -0.4 is 14.9 Å². The molecule has 2 rings (SSSR count). The maximum Gasteiger partial charge on any atom is 0.311 e. The molecule has 1 N–H and O–H groups in total. The predicted octanol–water partition coefficient (Wildman–Crippen LogP) is 3.78. The van der Waals surface area contributed by atoms with Gasteiger partial charge in [-0.05, 0) is 47.5 Å². The third kappa shape index (κ3) is 6.61. The third-order valence-electron chi connectivity index (χ3n) is 3.13. The van der Waals surface area contributed by atoms with Crippen molar-refractivity contribution in [2.24, 2.45) is 5.10 Å². The Morgan fingerprint density at radius 1 is 1.32 bits per heavy atom. The first kappa shape index (κ1) is 21.8. The lowest BCUT2D eigenvalue weighted by Gasteiger charge is -2.12. The number of hydrazone groups is 1. The molecular formula is C18H20BrN3O5S. The van der Waals surface area contributed by atoms with Gasteiger partial charge in [-0.1, -0.05) is 0 Å². The molecule has 0 aliphatic heterocycles. The molecule has 0 saturated heterocycles. The van der Waals surface area contributed by atoms with E-state index in [0.717, 1.165) is 5.56 Å². The molecule has 150 valence electrons. The Morgan fingerprint density at radius 2 is 2.11 bits per heavy atom. The number of benzene rings is 1. The molecule has 0 amide bonds. The highest BCUT2D eigenvalue weighted by atomic mass is 79.9. The topological polar surface area (TPSA) is 99.1 Å². The summed E-state index contributed by atoms with van der Waals surface area (Å²) in [6, 6.07) is 3.46. The lowest BCUT2D eigenvalue weighted by Crippen LogP contribution is -2.07. The minimum absolute atomic E-state index is 0.123. The number of nitrogens with zero attached hydrogens (tertiary/aromatic N) is 2. The summed E-state index contributed by atoms with van der Waals surface area (Å²) in [6.45, 7) is 5.68. The highest BCUT2D eigenvalue weighted by Crippen LogP contribution is 2.36. The zero-order valence-electron chi connectivity index (χ0n) is 15.7. The normalized spacial score (nSPS) is 10.7.